The highest BCUT2D eigenvalue weighted by molar-refractivity contribution is 7.92. The van der Waals surface area contributed by atoms with Crippen LogP contribution in [0.25, 0.3) is 0 Å². The molecule has 8 heteroatoms. The molecule has 26 heavy (non-hydrogen) atoms. The number of aryl methyl sites for hydroxylation is 1. The van der Waals surface area contributed by atoms with Crippen LogP contribution >= 0.6 is 0 Å². The maximum atomic E-state index is 12.6. The lowest BCUT2D eigenvalue weighted by Gasteiger charge is -2.15. The van der Waals surface area contributed by atoms with E-state index in [0.717, 1.165) is 0 Å². The van der Waals surface area contributed by atoms with E-state index in [1.807, 2.05) is 0 Å². The highest BCUT2D eigenvalue weighted by Gasteiger charge is 2.17. The highest BCUT2D eigenvalue weighted by Crippen LogP contribution is 2.34. The first-order valence-electron chi connectivity index (χ1n) is 7.88. The summed E-state index contributed by atoms with van der Waals surface area (Å²) >= 11 is 0. The molecule has 0 aliphatic rings. The molecule has 0 unspecified atom stereocenters. The molecule has 0 saturated carbocycles. The quantitative estimate of drug-likeness (QED) is 0.673. The second-order valence-electron chi connectivity index (χ2n) is 5.44. The van der Waals surface area contributed by atoms with Crippen LogP contribution in [-0.2, 0) is 14.8 Å². The van der Waals surface area contributed by atoms with E-state index in [9.17, 15) is 8.42 Å². The van der Waals surface area contributed by atoms with E-state index in [1.165, 1.54) is 26.4 Å². The highest BCUT2D eigenvalue weighted by atomic mass is 32.2. The topological polar surface area (TPSA) is 83.1 Å². The number of sulfonamides is 1. The smallest absolute Gasteiger partial charge is 0.261 e. The molecule has 2 rings (SSSR count). The van der Waals surface area contributed by atoms with E-state index in [1.54, 1.807) is 38.3 Å². The first-order chi connectivity index (χ1) is 12.4. The second-order valence-corrected chi connectivity index (χ2v) is 7.12. The van der Waals surface area contributed by atoms with E-state index in [0.29, 0.717) is 41.7 Å². The van der Waals surface area contributed by atoms with Crippen molar-refractivity contribution >= 4 is 15.7 Å². The Balaban J connectivity index is 2.20. The number of hydrogen-bond acceptors (Lipinski definition) is 6. The number of ether oxygens (including phenoxy) is 4. The summed E-state index contributed by atoms with van der Waals surface area (Å²) in [7, 11) is 0.854. The normalized spacial score (nSPS) is 11.1. The van der Waals surface area contributed by atoms with Gasteiger partial charge in [0.15, 0.2) is 11.5 Å². The zero-order chi connectivity index (χ0) is 19.2. The van der Waals surface area contributed by atoms with Crippen LogP contribution in [0.1, 0.15) is 5.56 Å². The Bertz CT molecular complexity index is 834. The number of methoxy groups -OCH3 is 3. The minimum Gasteiger partial charge on any atom is -0.493 e. The maximum Gasteiger partial charge on any atom is 0.261 e. The predicted octanol–water partition coefficient (Wildman–Crippen LogP) is 2.84. The van der Waals surface area contributed by atoms with E-state index in [2.05, 4.69) is 4.72 Å². The third-order valence-corrected chi connectivity index (χ3v) is 5.05. The van der Waals surface area contributed by atoms with Crippen LogP contribution in [0.3, 0.4) is 0 Å². The van der Waals surface area contributed by atoms with Gasteiger partial charge in [0.1, 0.15) is 12.4 Å². The average Bonchev–Trinajstić information content (AvgIpc) is 2.63. The molecule has 2 aromatic carbocycles. The number of anilines is 1. The zero-order valence-electron chi connectivity index (χ0n) is 15.2. The third kappa shape index (κ3) is 4.80. The average molecular weight is 381 g/mol. The van der Waals surface area contributed by atoms with Gasteiger partial charge >= 0.3 is 0 Å². The zero-order valence-corrected chi connectivity index (χ0v) is 16.1. The van der Waals surface area contributed by atoms with Crippen LogP contribution < -0.4 is 18.9 Å². The van der Waals surface area contributed by atoms with Crippen molar-refractivity contribution < 1.29 is 27.4 Å². The standard InChI is InChI=1S/C18H23NO6S/c1-13-11-17(23-3)18(24-4)12-16(13)19-26(20,21)15-7-5-14(6-8-15)25-10-9-22-2/h5-8,11-12,19H,9-10H2,1-4H3. The van der Waals surface area contributed by atoms with Gasteiger partial charge in [0.05, 0.1) is 31.4 Å². The molecule has 0 spiro atoms. The van der Waals surface area contributed by atoms with Gasteiger partial charge in [-0.05, 0) is 42.8 Å². The summed E-state index contributed by atoms with van der Waals surface area (Å²) in [4.78, 5) is 0.130. The maximum absolute atomic E-state index is 12.6. The molecular weight excluding hydrogens is 358 g/mol. The number of rotatable bonds is 9. The fourth-order valence-corrected chi connectivity index (χ4v) is 3.37. The Morgan fingerprint density at radius 3 is 2.12 bits per heavy atom. The second kappa shape index (κ2) is 8.77. The summed E-state index contributed by atoms with van der Waals surface area (Å²) < 4.78 is 48.6. The van der Waals surface area contributed by atoms with Crippen molar-refractivity contribution in [1.29, 1.82) is 0 Å². The molecular formula is C18H23NO6S. The summed E-state index contributed by atoms with van der Waals surface area (Å²) in [6.45, 7) is 2.64. The Morgan fingerprint density at radius 2 is 1.54 bits per heavy atom. The van der Waals surface area contributed by atoms with Crippen molar-refractivity contribution in [2.45, 2.75) is 11.8 Å². The predicted molar refractivity (Wildman–Crippen MR) is 98.9 cm³/mol. The summed E-state index contributed by atoms with van der Waals surface area (Å²) in [5.41, 5.74) is 1.13. The van der Waals surface area contributed by atoms with Gasteiger partial charge in [0, 0.05) is 13.2 Å². The minimum atomic E-state index is -3.75. The van der Waals surface area contributed by atoms with Crippen molar-refractivity contribution in [2.24, 2.45) is 0 Å². The van der Waals surface area contributed by atoms with Crippen molar-refractivity contribution in [3.05, 3.63) is 42.0 Å². The van der Waals surface area contributed by atoms with Crippen LogP contribution in [-0.4, -0.2) is 43.0 Å². The van der Waals surface area contributed by atoms with Crippen LogP contribution in [0.5, 0.6) is 17.2 Å². The molecule has 0 heterocycles. The molecule has 0 amide bonds. The van der Waals surface area contributed by atoms with Gasteiger partial charge in [-0.1, -0.05) is 0 Å². The van der Waals surface area contributed by atoms with Gasteiger partial charge in [-0.15, -0.1) is 0 Å². The summed E-state index contributed by atoms with van der Waals surface area (Å²) in [5, 5.41) is 0. The van der Waals surface area contributed by atoms with Gasteiger partial charge in [-0.2, -0.15) is 0 Å². The molecule has 1 N–H and O–H groups in total. The molecule has 142 valence electrons. The lowest BCUT2D eigenvalue weighted by molar-refractivity contribution is 0.146. The largest absolute Gasteiger partial charge is 0.493 e. The van der Waals surface area contributed by atoms with Crippen molar-refractivity contribution in [1.82, 2.24) is 0 Å². The summed E-state index contributed by atoms with van der Waals surface area (Å²) in [6.07, 6.45) is 0. The lowest BCUT2D eigenvalue weighted by atomic mass is 10.2. The van der Waals surface area contributed by atoms with E-state index < -0.39 is 10.0 Å². The summed E-state index contributed by atoms with van der Waals surface area (Å²) in [5.74, 6) is 1.55. The first kappa shape index (κ1) is 19.9. The Morgan fingerprint density at radius 1 is 0.923 bits per heavy atom. The molecule has 0 radical (unpaired) electrons. The SMILES string of the molecule is COCCOc1ccc(S(=O)(=O)Nc2cc(OC)c(OC)cc2C)cc1. The van der Waals surface area contributed by atoms with Crippen molar-refractivity contribution in [3.8, 4) is 17.2 Å². The van der Waals surface area contributed by atoms with E-state index in [4.69, 9.17) is 18.9 Å². The van der Waals surface area contributed by atoms with Crippen LogP contribution in [0.4, 0.5) is 5.69 Å². The number of hydrogen-bond donors (Lipinski definition) is 1. The Hall–Kier alpha value is -2.45. The monoisotopic (exact) mass is 381 g/mol. The van der Waals surface area contributed by atoms with Crippen LogP contribution in [0.2, 0.25) is 0 Å². The molecule has 2 aromatic rings. The van der Waals surface area contributed by atoms with Gasteiger partial charge in [-0.3, -0.25) is 4.72 Å². The molecule has 0 saturated heterocycles. The third-order valence-electron chi connectivity index (χ3n) is 3.67. The van der Waals surface area contributed by atoms with Crippen molar-refractivity contribution in [3.63, 3.8) is 0 Å². The van der Waals surface area contributed by atoms with Gasteiger partial charge in [0.2, 0.25) is 0 Å². The fourth-order valence-electron chi connectivity index (χ4n) is 2.25. The van der Waals surface area contributed by atoms with Crippen LogP contribution in [0, 0.1) is 6.92 Å². The van der Waals surface area contributed by atoms with Gasteiger partial charge < -0.3 is 18.9 Å². The molecule has 0 fully saturated rings. The first-order valence-corrected chi connectivity index (χ1v) is 9.37. The van der Waals surface area contributed by atoms with Crippen molar-refractivity contribution in [2.75, 3.05) is 39.3 Å². The van der Waals surface area contributed by atoms with E-state index >= 15 is 0 Å². The van der Waals surface area contributed by atoms with Crippen LogP contribution in [0.15, 0.2) is 41.3 Å². The Labute approximate surface area is 153 Å². The summed E-state index contributed by atoms with van der Waals surface area (Å²) in [6, 6.07) is 9.48. The van der Waals surface area contributed by atoms with Gasteiger partial charge in [-0.25, -0.2) is 8.42 Å². The minimum absolute atomic E-state index is 0.130. The Kier molecular flexibility index (Phi) is 6.70. The number of benzene rings is 2. The molecule has 7 nitrogen and oxygen atoms in total. The van der Waals surface area contributed by atoms with Gasteiger partial charge in [0.25, 0.3) is 10.0 Å². The molecule has 0 aromatic heterocycles. The molecule has 0 aliphatic carbocycles. The molecule has 0 atom stereocenters. The van der Waals surface area contributed by atoms with E-state index in [-0.39, 0.29) is 4.90 Å². The fraction of sp³-hybridized carbons (Fsp3) is 0.333. The number of nitrogens with one attached hydrogen (secondary N) is 1. The lowest BCUT2D eigenvalue weighted by Crippen LogP contribution is -2.14. The molecule has 0 aliphatic heterocycles. The molecule has 0 bridgehead atoms.